The molecule has 0 unspecified atom stereocenters. The molecule has 1 aliphatic heterocycles. The monoisotopic (exact) mass is 307 g/mol. The predicted molar refractivity (Wildman–Crippen MR) is 90.3 cm³/mol. The maximum atomic E-state index is 4.79. The van der Waals surface area contributed by atoms with Crippen LogP contribution in [0.4, 0.5) is 0 Å². The number of likely N-dealkylation sites (tertiary alicyclic amines) is 1. The Kier molecular flexibility index (Phi) is 3.38. The molecule has 4 rings (SSSR count). The fourth-order valence-corrected chi connectivity index (χ4v) is 3.33. The van der Waals surface area contributed by atoms with E-state index >= 15 is 0 Å². The minimum atomic E-state index is 0.484. The van der Waals surface area contributed by atoms with Crippen LogP contribution >= 0.6 is 0 Å². The van der Waals surface area contributed by atoms with Crippen LogP contribution in [-0.4, -0.2) is 37.7 Å². The molecule has 0 bridgehead atoms. The van der Waals surface area contributed by atoms with E-state index in [1.165, 1.54) is 5.69 Å². The van der Waals surface area contributed by atoms with Crippen LogP contribution < -0.4 is 0 Å². The molecule has 0 aliphatic carbocycles. The molecule has 23 heavy (non-hydrogen) atoms. The number of aryl methyl sites for hydroxylation is 3. The van der Waals surface area contributed by atoms with Gasteiger partial charge in [-0.25, -0.2) is 9.97 Å². The van der Waals surface area contributed by atoms with Crippen molar-refractivity contribution in [2.24, 2.45) is 0 Å². The van der Waals surface area contributed by atoms with E-state index < -0.39 is 0 Å². The summed E-state index contributed by atoms with van der Waals surface area (Å²) in [6.07, 6.45) is 0. The first kappa shape index (κ1) is 14.3. The first-order chi connectivity index (χ1) is 11.1. The quantitative estimate of drug-likeness (QED) is 0.746. The summed E-state index contributed by atoms with van der Waals surface area (Å²) in [6, 6.07) is 10.7. The van der Waals surface area contributed by atoms with Crippen LogP contribution in [0.3, 0.4) is 0 Å². The Balaban J connectivity index is 1.48. The van der Waals surface area contributed by atoms with Crippen molar-refractivity contribution in [3.63, 3.8) is 0 Å². The van der Waals surface area contributed by atoms with Gasteiger partial charge in [0.05, 0.1) is 34.2 Å². The van der Waals surface area contributed by atoms with Crippen molar-refractivity contribution in [1.29, 1.82) is 0 Å². The molecule has 0 saturated carbocycles. The number of nitrogens with zero attached hydrogens (tertiary/aromatic N) is 5. The van der Waals surface area contributed by atoms with E-state index in [-0.39, 0.29) is 0 Å². The third-order valence-corrected chi connectivity index (χ3v) is 4.54. The van der Waals surface area contributed by atoms with Crippen molar-refractivity contribution in [2.45, 2.75) is 33.4 Å². The normalized spacial score (nSPS) is 16.0. The Bertz CT molecular complexity index is 861. The number of para-hydroxylation sites is 2. The molecule has 0 radical (unpaired) electrons. The van der Waals surface area contributed by atoms with Crippen LogP contribution in [0, 0.1) is 20.8 Å². The lowest BCUT2D eigenvalue weighted by Crippen LogP contribution is -2.47. The van der Waals surface area contributed by atoms with Crippen LogP contribution in [0.15, 0.2) is 30.3 Å². The zero-order valence-corrected chi connectivity index (χ0v) is 13.8. The van der Waals surface area contributed by atoms with E-state index in [2.05, 4.69) is 32.7 Å². The van der Waals surface area contributed by atoms with Gasteiger partial charge < -0.3 is 0 Å². The summed E-state index contributed by atoms with van der Waals surface area (Å²) in [5, 5.41) is 4.59. The first-order valence-corrected chi connectivity index (χ1v) is 8.07. The van der Waals surface area contributed by atoms with Gasteiger partial charge in [0, 0.05) is 25.3 Å². The summed E-state index contributed by atoms with van der Waals surface area (Å²) in [5.74, 6) is 0. The average molecular weight is 307 g/mol. The molecule has 5 nitrogen and oxygen atoms in total. The lowest BCUT2D eigenvalue weighted by Gasteiger charge is -2.39. The molecule has 118 valence electrons. The largest absolute Gasteiger partial charge is 0.293 e. The maximum absolute atomic E-state index is 4.79. The molecule has 1 aromatic carbocycles. The minimum Gasteiger partial charge on any atom is -0.293 e. The first-order valence-electron chi connectivity index (χ1n) is 8.07. The summed E-state index contributed by atoms with van der Waals surface area (Å²) in [6.45, 7) is 9.13. The fraction of sp³-hybridized carbons (Fsp3) is 0.389. The Morgan fingerprint density at radius 3 is 2.39 bits per heavy atom. The van der Waals surface area contributed by atoms with Gasteiger partial charge >= 0.3 is 0 Å². The van der Waals surface area contributed by atoms with Crippen molar-refractivity contribution < 1.29 is 0 Å². The summed E-state index contributed by atoms with van der Waals surface area (Å²) in [5.41, 5.74) is 6.39. The summed E-state index contributed by atoms with van der Waals surface area (Å²) < 4.78 is 2.16. The van der Waals surface area contributed by atoms with Crippen LogP contribution in [-0.2, 0) is 6.54 Å². The molecule has 1 fully saturated rings. The van der Waals surface area contributed by atoms with Crippen molar-refractivity contribution in [3.05, 3.63) is 53.1 Å². The van der Waals surface area contributed by atoms with E-state index in [0.29, 0.717) is 6.04 Å². The molecule has 1 saturated heterocycles. The highest BCUT2D eigenvalue weighted by molar-refractivity contribution is 5.74. The molecular weight excluding hydrogens is 286 g/mol. The van der Waals surface area contributed by atoms with Crippen molar-refractivity contribution in [1.82, 2.24) is 24.6 Å². The number of hydrogen-bond acceptors (Lipinski definition) is 4. The molecule has 1 aliphatic rings. The molecule has 0 amide bonds. The number of hydrogen-bond donors (Lipinski definition) is 0. The molecule has 0 spiro atoms. The van der Waals surface area contributed by atoms with Gasteiger partial charge in [-0.3, -0.25) is 9.58 Å². The van der Waals surface area contributed by atoms with Gasteiger partial charge in [-0.05, 0) is 39.0 Å². The van der Waals surface area contributed by atoms with Crippen LogP contribution in [0.2, 0.25) is 0 Å². The van der Waals surface area contributed by atoms with Crippen molar-refractivity contribution >= 4 is 11.0 Å². The lowest BCUT2D eigenvalue weighted by atomic mass is 10.1. The molecular formula is C18H21N5. The third kappa shape index (κ3) is 2.61. The van der Waals surface area contributed by atoms with E-state index in [4.69, 9.17) is 4.98 Å². The standard InChI is InChI=1S/C18H21N5/c1-12-8-13(2)23(21-12)15-9-22(10-15)11-18-14(3)19-16-6-4-5-7-17(16)20-18/h4-8,15H,9-11H2,1-3H3. The van der Waals surface area contributed by atoms with Crippen molar-refractivity contribution in [3.8, 4) is 0 Å². The summed E-state index contributed by atoms with van der Waals surface area (Å²) in [7, 11) is 0. The van der Waals surface area contributed by atoms with E-state index in [0.717, 1.165) is 47.7 Å². The fourth-order valence-electron chi connectivity index (χ4n) is 3.33. The summed E-state index contributed by atoms with van der Waals surface area (Å²) in [4.78, 5) is 11.9. The molecule has 0 N–H and O–H groups in total. The van der Waals surface area contributed by atoms with Gasteiger partial charge in [0.1, 0.15) is 0 Å². The van der Waals surface area contributed by atoms with Gasteiger partial charge in [-0.15, -0.1) is 0 Å². The molecule has 0 atom stereocenters. The highest BCUT2D eigenvalue weighted by atomic mass is 15.4. The van der Waals surface area contributed by atoms with Gasteiger partial charge in [0.25, 0.3) is 0 Å². The second-order valence-electron chi connectivity index (χ2n) is 6.46. The molecule has 5 heteroatoms. The Labute approximate surface area is 136 Å². The average Bonchev–Trinajstić information content (AvgIpc) is 2.81. The zero-order chi connectivity index (χ0) is 16.0. The van der Waals surface area contributed by atoms with Crippen molar-refractivity contribution in [2.75, 3.05) is 13.1 Å². The van der Waals surface area contributed by atoms with Crippen LogP contribution in [0.1, 0.15) is 28.8 Å². The van der Waals surface area contributed by atoms with E-state index in [1.807, 2.05) is 38.1 Å². The van der Waals surface area contributed by atoms with Gasteiger partial charge in [-0.2, -0.15) is 5.10 Å². The number of fused-ring (bicyclic) bond motifs is 1. The zero-order valence-electron chi connectivity index (χ0n) is 13.8. The van der Waals surface area contributed by atoms with Gasteiger partial charge in [0.2, 0.25) is 0 Å². The highest BCUT2D eigenvalue weighted by Crippen LogP contribution is 2.25. The van der Waals surface area contributed by atoms with Gasteiger partial charge in [0.15, 0.2) is 0 Å². The Morgan fingerprint density at radius 1 is 1.04 bits per heavy atom. The molecule has 3 heterocycles. The van der Waals surface area contributed by atoms with E-state index in [1.54, 1.807) is 0 Å². The second kappa shape index (κ2) is 5.42. The Hall–Kier alpha value is -2.27. The molecule has 3 aromatic rings. The third-order valence-electron chi connectivity index (χ3n) is 4.54. The minimum absolute atomic E-state index is 0.484. The lowest BCUT2D eigenvalue weighted by molar-refractivity contribution is 0.0878. The summed E-state index contributed by atoms with van der Waals surface area (Å²) >= 11 is 0. The SMILES string of the molecule is Cc1cc(C)n(C2CN(Cc3nc4ccccc4nc3C)C2)n1. The van der Waals surface area contributed by atoms with Crippen LogP contribution in [0.5, 0.6) is 0 Å². The highest BCUT2D eigenvalue weighted by Gasteiger charge is 2.30. The smallest absolute Gasteiger partial charge is 0.0890 e. The molecule has 2 aromatic heterocycles. The van der Waals surface area contributed by atoms with E-state index in [9.17, 15) is 0 Å². The Morgan fingerprint density at radius 2 is 1.74 bits per heavy atom. The van der Waals surface area contributed by atoms with Gasteiger partial charge in [-0.1, -0.05) is 12.1 Å². The number of rotatable bonds is 3. The topological polar surface area (TPSA) is 46.8 Å². The van der Waals surface area contributed by atoms with Crippen LogP contribution in [0.25, 0.3) is 11.0 Å². The number of aromatic nitrogens is 4. The number of benzene rings is 1. The second-order valence-corrected chi connectivity index (χ2v) is 6.46. The predicted octanol–water partition coefficient (Wildman–Crippen LogP) is 2.81. The maximum Gasteiger partial charge on any atom is 0.0890 e.